The number of carbonyl (C=O) groups is 1. The van der Waals surface area contributed by atoms with Gasteiger partial charge in [0.05, 0.1) is 13.2 Å². The molecule has 0 aliphatic heterocycles. The van der Waals surface area contributed by atoms with Gasteiger partial charge < -0.3 is 14.8 Å². The first-order valence-electron chi connectivity index (χ1n) is 5.87. The monoisotopic (exact) mass is 235 g/mol. The lowest BCUT2D eigenvalue weighted by atomic mass is 10.2. The van der Waals surface area contributed by atoms with Crippen molar-refractivity contribution in [1.82, 2.24) is 5.32 Å². The second kappa shape index (κ2) is 5.08. The maximum atomic E-state index is 11.7. The molecule has 0 saturated heterocycles. The second-order valence-electron chi connectivity index (χ2n) is 4.04. The quantitative estimate of drug-likeness (QED) is 0.849. The fourth-order valence-corrected chi connectivity index (χ4v) is 1.53. The predicted molar refractivity (Wildman–Crippen MR) is 64.7 cm³/mol. The Morgan fingerprint density at radius 1 is 1.41 bits per heavy atom. The lowest BCUT2D eigenvalue weighted by molar-refractivity contribution is 0.0955. The Morgan fingerprint density at radius 3 is 2.76 bits per heavy atom. The number of rotatable bonds is 5. The van der Waals surface area contributed by atoms with Gasteiger partial charge in [-0.1, -0.05) is 0 Å². The molecule has 0 radical (unpaired) electrons. The Labute approximate surface area is 101 Å². The van der Waals surface area contributed by atoms with Crippen LogP contribution in [-0.2, 0) is 0 Å². The summed E-state index contributed by atoms with van der Waals surface area (Å²) in [4.78, 5) is 11.7. The van der Waals surface area contributed by atoms with E-state index in [9.17, 15) is 4.79 Å². The van der Waals surface area contributed by atoms with Crippen molar-refractivity contribution < 1.29 is 14.3 Å². The van der Waals surface area contributed by atoms with Gasteiger partial charge in [-0.05, 0) is 38.0 Å². The summed E-state index contributed by atoms with van der Waals surface area (Å²) >= 11 is 0. The third-order valence-electron chi connectivity index (χ3n) is 2.58. The average molecular weight is 235 g/mol. The predicted octanol–water partition coefficient (Wildman–Crippen LogP) is 1.99. The zero-order valence-corrected chi connectivity index (χ0v) is 10.2. The van der Waals surface area contributed by atoms with Gasteiger partial charge in [0.25, 0.3) is 5.91 Å². The van der Waals surface area contributed by atoms with Crippen molar-refractivity contribution in [2.75, 3.05) is 13.7 Å². The van der Waals surface area contributed by atoms with Crippen LogP contribution in [0.1, 0.15) is 30.1 Å². The van der Waals surface area contributed by atoms with Crippen LogP contribution in [0.5, 0.6) is 11.5 Å². The number of amides is 1. The number of ether oxygens (including phenoxy) is 2. The number of hydrogen-bond donors (Lipinski definition) is 1. The van der Waals surface area contributed by atoms with Crippen molar-refractivity contribution >= 4 is 5.91 Å². The van der Waals surface area contributed by atoms with E-state index >= 15 is 0 Å². The van der Waals surface area contributed by atoms with Crippen LogP contribution >= 0.6 is 0 Å². The minimum Gasteiger partial charge on any atom is -0.493 e. The number of benzene rings is 1. The van der Waals surface area contributed by atoms with E-state index in [1.807, 2.05) is 6.92 Å². The molecular formula is C13H17NO3. The largest absolute Gasteiger partial charge is 0.493 e. The first kappa shape index (κ1) is 11.8. The van der Waals surface area contributed by atoms with Crippen LogP contribution in [0.15, 0.2) is 18.2 Å². The van der Waals surface area contributed by atoms with E-state index in [1.54, 1.807) is 25.3 Å². The van der Waals surface area contributed by atoms with E-state index in [1.165, 1.54) is 0 Å². The fourth-order valence-electron chi connectivity index (χ4n) is 1.53. The highest BCUT2D eigenvalue weighted by Crippen LogP contribution is 2.34. The molecule has 92 valence electrons. The molecular weight excluding hydrogens is 218 g/mol. The van der Waals surface area contributed by atoms with E-state index in [4.69, 9.17) is 9.47 Å². The molecule has 2 rings (SSSR count). The van der Waals surface area contributed by atoms with E-state index in [0.29, 0.717) is 29.7 Å². The summed E-state index contributed by atoms with van der Waals surface area (Å²) in [5, 5.41) is 2.75. The maximum absolute atomic E-state index is 11.7. The average Bonchev–Trinajstić information content (AvgIpc) is 3.14. The highest BCUT2D eigenvalue weighted by molar-refractivity contribution is 5.94. The Balaban J connectivity index is 2.17. The fraction of sp³-hybridized carbons (Fsp3) is 0.462. The van der Waals surface area contributed by atoms with Gasteiger partial charge in [0.15, 0.2) is 11.5 Å². The smallest absolute Gasteiger partial charge is 0.251 e. The molecule has 0 spiro atoms. The van der Waals surface area contributed by atoms with Crippen LogP contribution in [0.4, 0.5) is 0 Å². The molecule has 0 heterocycles. The van der Waals surface area contributed by atoms with Gasteiger partial charge in [0, 0.05) is 12.1 Å². The van der Waals surface area contributed by atoms with Crippen molar-refractivity contribution in [3.63, 3.8) is 0 Å². The number of carbonyl (C=O) groups excluding carboxylic acids is 1. The molecule has 1 aromatic rings. The van der Waals surface area contributed by atoms with Gasteiger partial charge in [-0.25, -0.2) is 0 Å². The van der Waals surface area contributed by atoms with Crippen LogP contribution in [0.2, 0.25) is 0 Å². The minimum absolute atomic E-state index is 0.0937. The van der Waals surface area contributed by atoms with E-state index in [2.05, 4.69) is 5.32 Å². The molecule has 0 aromatic heterocycles. The first-order valence-corrected chi connectivity index (χ1v) is 5.87. The van der Waals surface area contributed by atoms with Crippen molar-refractivity contribution in [2.45, 2.75) is 25.9 Å². The van der Waals surface area contributed by atoms with Gasteiger partial charge in [0.1, 0.15) is 0 Å². The Hall–Kier alpha value is -1.71. The van der Waals surface area contributed by atoms with Gasteiger partial charge in [-0.3, -0.25) is 4.79 Å². The molecule has 0 bridgehead atoms. The summed E-state index contributed by atoms with van der Waals surface area (Å²) in [6.07, 6.45) is 2.52. The Morgan fingerprint density at radius 2 is 2.18 bits per heavy atom. The van der Waals surface area contributed by atoms with Gasteiger partial charge in [-0.15, -0.1) is 0 Å². The molecule has 1 fully saturated rings. The van der Waals surface area contributed by atoms with Crippen LogP contribution < -0.4 is 14.8 Å². The lowest BCUT2D eigenvalue weighted by Crippen LogP contribution is -2.22. The summed E-state index contributed by atoms with van der Waals surface area (Å²) in [7, 11) is 1.58. The Bertz CT molecular complexity index is 413. The molecule has 1 amide bonds. The molecule has 1 aromatic carbocycles. The summed E-state index contributed by atoms with van der Waals surface area (Å²) in [6.45, 7) is 2.50. The molecule has 0 atom stereocenters. The summed E-state index contributed by atoms with van der Waals surface area (Å²) in [6, 6.07) is 5.26. The summed E-state index contributed by atoms with van der Waals surface area (Å²) in [5.74, 6) is 1.23. The zero-order valence-electron chi connectivity index (χ0n) is 10.2. The SMILES string of the molecule is CCNC(=O)c1ccc(OC2CC2)c(OC)c1. The van der Waals surface area contributed by atoms with Gasteiger partial charge >= 0.3 is 0 Å². The van der Waals surface area contributed by atoms with Crippen molar-refractivity contribution in [2.24, 2.45) is 0 Å². The number of nitrogens with one attached hydrogen (secondary N) is 1. The van der Waals surface area contributed by atoms with Crippen molar-refractivity contribution in [3.8, 4) is 11.5 Å². The normalized spacial score (nSPS) is 14.2. The molecule has 1 saturated carbocycles. The molecule has 1 N–H and O–H groups in total. The maximum Gasteiger partial charge on any atom is 0.251 e. The standard InChI is InChI=1S/C13H17NO3/c1-3-14-13(15)9-4-7-11(12(8-9)16-2)17-10-5-6-10/h4,7-8,10H,3,5-6H2,1-2H3,(H,14,15). The number of methoxy groups -OCH3 is 1. The molecule has 4 nitrogen and oxygen atoms in total. The zero-order chi connectivity index (χ0) is 12.3. The third kappa shape index (κ3) is 2.90. The van der Waals surface area contributed by atoms with Crippen LogP contribution in [0.25, 0.3) is 0 Å². The van der Waals surface area contributed by atoms with E-state index < -0.39 is 0 Å². The van der Waals surface area contributed by atoms with Crippen LogP contribution in [0, 0.1) is 0 Å². The molecule has 1 aliphatic carbocycles. The van der Waals surface area contributed by atoms with E-state index in [-0.39, 0.29) is 5.91 Å². The third-order valence-corrected chi connectivity index (χ3v) is 2.58. The lowest BCUT2D eigenvalue weighted by Gasteiger charge is -2.11. The molecule has 0 unspecified atom stereocenters. The van der Waals surface area contributed by atoms with Crippen LogP contribution in [0.3, 0.4) is 0 Å². The van der Waals surface area contributed by atoms with Crippen LogP contribution in [-0.4, -0.2) is 25.7 Å². The summed E-state index contributed by atoms with van der Waals surface area (Å²) < 4.78 is 10.9. The van der Waals surface area contributed by atoms with Crippen molar-refractivity contribution in [1.29, 1.82) is 0 Å². The molecule has 1 aliphatic rings. The topological polar surface area (TPSA) is 47.6 Å². The van der Waals surface area contributed by atoms with E-state index in [0.717, 1.165) is 12.8 Å². The highest BCUT2D eigenvalue weighted by atomic mass is 16.5. The highest BCUT2D eigenvalue weighted by Gasteiger charge is 2.25. The van der Waals surface area contributed by atoms with Gasteiger partial charge in [0.2, 0.25) is 0 Å². The summed E-state index contributed by atoms with van der Waals surface area (Å²) in [5.41, 5.74) is 0.590. The minimum atomic E-state index is -0.0937. The Kier molecular flexibility index (Phi) is 3.52. The van der Waals surface area contributed by atoms with Gasteiger partial charge in [-0.2, -0.15) is 0 Å². The molecule has 4 heteroatoms. The molecule has 17 heavy (non-hydrogen) atoms. The van der Waals surface area contributed by atoms with Crippen molar-refractivity contribution in [3.05, 3.63) is 23.8 Å². The number of hydrogen-bond acceptors (Lipinski definition) is 3. The second-order valence-corrected chi connectivity index (χ2v) is 4.04. The first-order chi connectivity index (χ1) is 8.24.